The fourth-order valence-corrected chi connectivity index (χ4v) is 2.73. The highest BCUT2D eigenvalue weighted by Crippen LogP contribution is 2.15. The number of nitrogens with zero attached hydrogens (tertiary/aromatic N) is 2. The molecule has 0 bridgehead atoms. The first-order valence-electron chi connectivity index (χ1n) is 7.41. The van der Waals surface area contributed by atoms with Crippen molar-refractivity contribution >= 4 is 35.5 Å². The minimum Gasteiger partial charge on any atom is -0.479 e. The van der Waals surface area contributed by atoms with Crippen LogP contribution < -0.4 is 10.2 Å². The molecule has 0 spiro atoms. The molecular weight excluding hydrogens is 358 g/mol. The SMILES string of the molecule is N#CCOc1ccc(C=NNC(=O)CSCc2ccc(Cl)cc2)cc1. The Bertz CT molecular complexity index is 755. The molecule has 0 saturated carbocycles. The molecule has 7 heteroatoms. The predicted molar refractivity (Wildman–Crippen MR) is 101 cm³/mol. The second kappa shape index (κ2) is 10.4. The third-order valence-corrected chi connectivity index (χ3v) is 4.26. The van der Waals surface area contributed by atoms with Crippen molar-refractivity contribution in [3.05, 3.63) is 64.7 Å². The predicted octanol–water partition coefficient (Wildman–Crippen LogP) is 3.63. The van der Waals surface area contributed by atoms with E-state index in [4.69, 9.17) is 21.6 Å². The molecule has 2 aromatic rings. The largest absolute Gasteiger partial charge is 0.479 e. The lowest BCUT2D eigenvalue weighted by Gasteiger charge is -2.02. The highest BCUT2D eigenvalue weighted by molar-refractivity contribution is 7.99. The van der Waals surface area contributed by atoms with E-state index < -0.39 is 0 Å². The molecule has 0 fully saturated rings. The summed E-state index contributed by atoms with van der Waals surface area (Å²) >= 11 is 7.33. The van der Waals surface area contributed by atoms with Crippen molar-refractivity contribution in [3.8, 4) is 11.8 Å². The van der Waals surface area contributed by atoms with Gasteiger partial charge >= 0.3 is 0 Å². The molecule has 0 aliphatic heterocycles. The molecule has 1 amide bonds. The third kappa shape index (κ3) is 7.29. The van der Waals surface area contributed by atoms with Crippen molar-refractivity contribution in [2.45, 2.75) is 5.75 Å². The summed E-state index contributed by atoms with van der Waals surface area (Å²) in [6.45, 7) is 0.0111. The first-order valence-corrected chi connectivity index (χ1v) is 8.94. The number of hydrogen-bond donors (Lipinski definition) is 1. The zero-order valence-corrected chi connectivity index (χ0v) is 14.9. The van der Waals surface area contributed by atoms with Gasteiger partial charge in [0.25, 0.3) is 0 Å². The van der Waals surface area contributed by atoms with Crippen molar-refractivity contribution in [1.29, 1.82) is 5.26 Å². The van der Waals surface area contributed by atoms with E-state index in [-0.39, 0.29) is 12.5 Å². The van der Waals surface area contributed by atoms with Gasteiger partial charge in [0.2, 0.25) is 5.91 Å². The lowest BCUT2D eigenvalue weighted by molar-refractivity contribution is -0.118. The maximum atomic E-state index is 11.7. The molecule has 0 unspecified atom stereocenters. The van der Waals surface area contributed by atoms with Crippen LogP contribution in [0.25, 0.3) is 0 Å². The van der Waals surface area contributed by atoms with Crippen LogP contribution in [0.3, 0.4) is 0 Å². The molecule has 0 aromatic heterocycles. The van der Waals surface area contributed by atoms with Gasteiger partial charge in [-0.2, -0.15) is 10.4 Å². The quantitative estimate of drug-likeness (QED) is 0.566. The Morgan fingerprint density at radius 3 is 2.64 bits per heavy atom. The maximum absolute atomic E-state index is 11.7. The standard InChI is InChI=1S/C18H16ClN3O2S/c19-16-5-1-15(2-6-16)12-25-13-18(23)22-21-11-14-3-7-17(8-4-14)24-10-9-20/h1-8,11H,10,12-13H2,(H,22,23). The van der Waals surface area contributed by atoms with E-state index in [1.54, 1.807) is 30.5 Å². The molecular formula is C18H16ClN3O2S. The second-order valence-corrected chi connectivity index (χ2v) is 6.35. The minimum absolute atomic E-state index is 0.0111. The fraction of sp³-hybridized carbons (Fsp3) is 0.167. The summed E-state index contributed by atoms with van der Waals surface area (Å²) < 4.78 is 5.15. The van der Waals surface area contributed by atoms with Gasteiger partial charge in [-0.15, -0.1) is 11.8 Å². The van der Waals surface area contributed by atoms with E-state index in [0.717, 1.165) is 16.9 Å². The van der Waals surface area contributed by atoms with E-state index in [1.165, 1.54) is 11.8 Å². The van der Waals surface area contributed by atoms with E-state index in [9.17, 15) is 4.79 Å². The van der Waals surface area contributed by atoms with Crippen LogP contribution in [-0.2, 0) is 10.5 Å². The van der Waals surface area contributed by atoms with Crippen molar-refractivity contribution in [3.63, 3.8) is 0 Å². The molecule has 2 aromatic carbocycles. The molecule has 0 aliphatic carbocycles. The Labute approximate surface area is 155 Å². The number of halogens is 1. The molecule has 0 radical (unpaired) electrons. The van der Waals surface area contributed by atoms with E-state index in [0.29, 0.717) is 16.5 Å². The first kappa shape index (κ1) is 18.8. The van der Waals surface area contributed by atoms with Crippen LogP contribution in [-0.4, -0.2) is 24.5 Å². The van der Waals surface area contributed by atoms with Gasteiger partial charge in [0.05, 0.1) is 12.0 Å². The monoisotopic (exact) mass is 373 g/mol. The topological polar surface area (TPSA) is 74.5 Å². The van der Waals surface area contributed by atoms with E-state index in [1.807, 2.05) is 30.3 Å². The summed E-state index contributed by atoms with van der Waals surface area (Å²) in [5.41, 5.74) is 4.42. The molecule has 0 aliphatic rings. The zero-order valence-electron chi connectivity index (χ0n) is 13.3. The Morgan fingerprint density at radius 1 is 1.24 bits per heavy atom. The van der Waals surface area contributed by atoms with Crippen molar-refractivity contribution in [2.24, 2.45) is 5.10 Å². The Balaban J connectivity index is 1.69. The fourth-order valence-electron chi connectivity index (χ4n) is 1.82. The molecule has 5 nitrogen and oxygen atoms in total. The summed E-state index contributed by atoms with van der Waals surface area (Å²) in [6.07, 6.45) is 1.55. The van der Waals surface area contributed by atoms with Gasteiger partial charge in [0, 0.05) is 10.8 Å². The normalized spacial score (nSPS) is 10.4. The Hall–Kier alpha value is -2.49. The van der Waals surface area contributed by atoms with Gasteiger partial charge in [-0.3, -0.25) is 4.79 Å². The number of rotatable bonds is 8. The van der Waals surface area contributed by atoms with Gasteiger partial charge in [-0.25, -0.2) is 5.43 Å². The number of nitrogens with one attached hydrogen (secondary N) is 1. The average Bonchev–Trinajstić information content (AvgIpc) is 2.63. The van der Waals surface area contributed by atoms with Gasteiger partial charge in [-0.05, 0) is 47.5 Å². The van der Waals surface area contributed by atoms with Crippen LogP contribution in [0.1, 0.15) is 11.1 Å². The minimum atomic E-state index is -0.163. The Kier molecular flexibility index (Phi) is 7.83. The molecule has 128 valence electrons. The number of ether oxygens (including phenoxy) is 1. The van der Waals surface area contributed by atoms with Crippen LogP contribution in [0.15, 0.2) is 53.6 Å². The second-order valence-electron chi connectivity index (χ2n) is 4.93. The van der Waals surface area contributed by atoms with Gasteiger partial charge in [-0.1, -0.05) is 23.7 Å². The van der Waals surface area contributed by atoms with Gasteiger partial charge in [0.1, 0.15) is 11.8 Å². The van der Waals surface area contributed by atoms with Crippen LogP contribution in [0.5, 0.6) is 5.75 Å². The molecule has 25 heavy (non-hydrogen) atoms. The lowest BCUT2D eigenvalue weighted by atomic mass is 10.2. The highest BCUT2D eigenvalue weighted by Gasteiger charge is 2.01. The number of benzene rings is 2. The molecule has 0 heterocycles. The number of hydrazone groups is 1. The average molecular weight is 374 g/mol. The summed E-state index contributed by atoms with van der Waals surface area (Å²) in [7, 11) is 0. The van der Waals surface area contributed by atoms with Crippen LogP contribution in [0.4, 0.5) is 0 Å². The van der Waals surface area contributed by atoms with Crippen LogP contribution in [0.2, 0.25) is 5.02 Å². The summed E-state index contributed by atoms with van der Waals surface area (Å²) in [5, 5.41) is 13.1. The maximum Gasteiger partial charge on any atom is 0.250 e. The molecule has 0 saturated heterocycles. The highest BCUT2D eigenvalue weighted by atomic mass is 35.5. The van der Waals surface area contributed by atoms with Gasteiger partial charge < -0.3 is 4.74 Å². The number of amides is 1. The molecule has 0 atom stereocenters. The van der Waals surface area contributed by atoms with E-state index >= 15 is 0 Å². The summed E-state index contributed by atoms with van der Waals surface area (Å²) in [6, 6.07) is 16.5. The van der Waals surface area contributed by atoms with Crippen LogP contribution >= 0.6 is 23.4 Å². The number of thioether (sulfide) groups is 1. The summed E-state index contributed by atoms with van der Waals surface area (Å²) in [4.78, 5) is 11.7. The smallest absolute Gasteiger partial charge is 0.250 e. The Morgan fingerprint density at radius 2 is 1.96 bits per heavy atom. The number of carbonyl (C=O) groups excluding carboxylic acids is 1. The van der Waals surface area contributed by atoms with Crippen molar-refractivity contribution in [1.82, 2.24) is 5.43 Å². The third-order valence-electron chi connectivity index (χ3n) is 3.00. The number of nitriles is 1. The molecule has 1 N–H and O–H groups in total. The number of carbonyl (C=O) groups is 1. The van der Waals surface area contributed by atoms with E-state index in [2.05, 4.69) is 10.5 Å². The van der Waals surface area contributed by atoms with Crippen LogP contribution in [0, 0.1) is 11.3 Å². The van der Waals surface area contributed by atoms with Crippen molar-refractivity contribution in [2.75, 3.05) is 12.4 Å². The molecule has 2 rings (SSSR count). The lowest BCUT2D eigenvalue weighted by Crippen LogP contribution is -2.19. The van der Waals surface area contributed by atoms with Crippen molar-refractivity contribution < 1.29 is 9.53 Å². The summed E-state index contributed by atoms with van der Waals surface area (Å²) in [5.74, 6) is 1.50. The first-order chi connectivity index (χ1) is 12.2. The zero-order chi connectivity index (χ0) is 17.9. The number of hydrogen-bond acceptors (Lipinski definition) is 5. The van der Waals surface area contributed by atoms with Gasteiger partial charge in [0.15, 0.2) is 6.61 Å².